The van der Waals surface area contributed by atoms with Crippen molar-refractivity contribution in [1.82, 2.24) is 0 Å². The quantitative estimate of drug-likeness (QED) is 0.486. The highest BCUT2D eigenvalue weighted by Gasteiger charge is 2.59. The minimum Gasteiger partial charge on any atom is -0.385 e. The number of hydrogen-bond donors (Lipinski definition) is 1. The van der Waals surface area contributed by atoms with Crippen LogP contribution in [0.3, 0.4) is 0 Å². The van der Waals surface area contributed by atoms with Gasteiger partial charge >= 0.3 is 0 Å². The molecule has 0 aromatic rings. The van der Waals surface area contributed by atoms with E-state index in [-0.39, 0.29) is 29.0 Å². The second kappa shape index (κ2) is 8.24. The van der Waals surface area contributed by atoms with Crippen LogP contribution in [-0.4, -0.2) is 22.4 Å². The Morgan fingerprint density at radius 3 is 2.43 bits per heavy atom. The number of hydrogen-bond acceptors (Lipinski definition) is 2. The van der Waals surface area contributed by atoms with E-state index in [1.54, 1.807) is 0 Å². The molecule has 2 nitrogen and oxygen atoms in total. The molecule has 3 rings (SSSR count). The van der Waals surface area contributed by atoms with E-state index in [2.05, 4.69) is 67.7 Å². The summed E-state index contributed by atoms with van der Waals surface area (Å²) in [5.74, 6) is 1.97. The lowest BCUT2D eigenvalue weighted by Crippen LogP contribution is -2.55. The fourth-order valence-corrected chi connectivity index (χ4v) is 7.08. The second-order valence-electron chi connectivity index (χ2n) is 12.0. The monoisotopic (exact) mass is 414 g/mol. The molecule has 3 aliphatic carbocycles. The average Bonchev–Trinajstić information content (AvgIpc) is 3.18. The van der Waals surface area contributed by atoms with E-state index < -0.39 is 5.60 Å². The molecular formula is C28H46O2. The minimum absolute atomic E-state index is 0.118. The van der Waals surface area contributed by atoms with E-state index in [1.807, 2.05) is 6.08 Å². The van der Waals surface area contributed by atoms with Crippen LogP contribution in [0.25, 0.3) is 0 Å². The van der Waals surface area contributed by atoms with Gasteiger partial charge in [-0.3, -0.25) is 0 Å². The fourth-order valence-electron chi connectivity index (χ4n) is 7.08. The number of aliphatic hydroxyl groups is 1. The van der Waals surface area contributed by atoms with Gasteiger partial charge in [0.1, 0.15) is 0 Å². The maximum Gasteiger partial charge on any atom is 0.0893 e. The van der Waals surface area contributed by atoms with E-state index in [0.717, 1.165) is 32.1 Å². The molecule has 0 heterocycles. The highest BCUT2D eigenvalue weighted by Crippen LogP contribution is 2.61. The van der Waals surface area contributed by atoms with Crippen molar-refractivity contribution in [2.75, 3.05) is 0 Å². The Morgan fingerprint density at radius 1 is 1.20 bits per heavy atom. The van der Waals surface area contributed by atoms with Crippen molar-refractivity contribution < 1.29 is 9.84 Å². The lowest BCUT2D eigenvalue weighted by atomic mass is 9.54. The van der Waals surface area contributed by atoms with Crippen LogP contribution in [0.5, 0.6) is 0 Å². The molecule has 0 spiro atoms. The first kappa shape index (κ1) is 23.8. The van der Waals surface area contributed by atoms with Crippen molar-refractivity contribution in [3.05, 3.63) is 36.5 Å². The van der Waals surface area contributed by atoms with Crippen LogP contribution in [0.1, 0.15) is 87.0 Å². The zero-order valence-electron chi connectivity index (χ0n) is 20.6. The largest absolute Gasteiger partial charge is 0.385 e. The third kappa shape index (κ3) is 3.99. The fraction of sp³-hybridized carbons (Fsp3) is 0.786. The van der Waals surface area contributed by atoms with Gasteiger partial charge in [0.2, 0.25) is 0 Å². The molecule has 0 amide bonds. The molecule has 0 aromatic carbocycles. The number of rotatable bonds is 5. The first-order valence-electron chi connectivity index (χ1n) is 12.2. The summed E-state index contributed by atoms with van der Waals surface area (Å²) >= 11 is 0. The molecule has 0 unspecified atom stereocenters. The zero-order valence-corrected chi connectivity index (χ0v) is 20.6. The molecule has 30 heavy (non-hydrogen) atoms. The summed E-state index contributed by atoms with van der Waals surface area (Å²) in [5, 5.41) is 12.4. The van der Waals surface area contributed by atoms with Gasteiger partial charge in [0.25, 0.3) is 0 Å². The maximum absolute atomic E-state index is 12.4. The van der Waals surface area contributed by atoms with E-state index in [1.165, 1.54) is 17.6 Å². The summed E-state index contributed by atoms with van der Waals surface area (Å²) in [6, 6.07) is 0. The highest BCUT2D eigenvalue weighted by atomic mass is 16.5. The maximum atomic E-state index is 12.4. The van der Waals surface area contributed by atoms with Crippen molar-refractivity contribution in [3.63, 3.8) is 0 Å². The van der Waals surface area contributed by atoms with E-state index in [9.17, 15) is 5.11 Å². The van der Waals surface area contributed by atoms with Gasteiger partial charge in [-0.15, -0.1) is 13.2 Å². The molecule has 1 N–H and O–H groups in total. The Labute approximate surface area is 185 Å². The van der Waals surface area contributed by atoms with Crippen LogP contribution in [0.15, 0.2) is 36.5 Å². The Bertz CT molecular complexity index is 698. The molecular weight excluding hydrogens is 368 g/mol. The highest BCUT2D eigenvalue weighted by molar-refractivity contribution is 5.33. The van der Waals surface area contributed by atoms with Crippen LogP contribution in [0, 0.1) is 35.0 Å². The predicted octanol–water partition coefficient (Wildman–Crippen LogP) is 7.10. The summed E-state index contributed by atoms with van der Waals surface area (Å²) in [5.41, 5.74) is 1.91. The van der Waals surface area contributed by atoms with E-state index in [4.69, 9.17) is 4.74 Å². The van der Waals surface area contributed by atoms with E-state index >= 15 is 0 Å². The molecule has 0 bridgehead atoms. The van der Waals surface area contributed by atoms with Crippen molar-refractivity contribution in [3.8, 4) is 0 Å². The summed E-state index contributed by atoms with van der Waals surface area (Å²) in [6.07, 6.45) is 10.8. The molecule has 0 aliphatic heterocycles. The van der Waals surface area contributed by atoms with Crippen molar-refractivity contribution in [2.24, 2.45) is 35.0 Å². The number of ether oxygens (including phenoxy) is 1. The molecule has 3 fully saturated rings. The SMILES string of the molecule is C=C[C@@H](C)[C@@H]1C[C@@]2(C)[C@@H](CC[C@@H]2OC(C)(C)C)C[C@@]1(O)/C(C)=C1/CC[C@@H](C)[C@H]1C=C. The van der Waals surface area contributed by atoms with Crippen molar-refractivity contribution in [2.45, 2.75) is 104 Å². The van der Waals surface area contributed by atoms with Crippen molar-refractivity contribution >= 4 is 0 Å². The molecule has 8 atom stereocenters. The first-order valence-corrected chi connectivity index (χ1v) is 12.2. The van der Waals surface area contributed by atoms with Crippen LogP contribution in [0.2, 0.25) is 0 Å². The van der Waals surface area contributed by atoms with Gasteiger partial charge < -0.3 is 9.84 Å². The molecule has 3 saturated carbocycles. The summed E-state index contributed by atoms with van der Waals surface area (Å²) < 4.78 is 6.58. The molecule has 3 aliphatic rings. The van der Waals surface area contributed by atoms with Crippen LogP contribution in [0.4, 0.5) is 0 Å². The number of allylic oxidation sites excluding steroid dienone is 3. The van der Waals surface area contributed by atoms with Gasteiger partial charge in [0.05, 0.1) is 17.3 Å². The molecule has 0 aromatic heterocycles. The molecule has 2 heteroatoms. The van der Waals surface area contributed by atoms with Crippen LogP contribution >= 0.6 is 0 Å². The lowest BCUT2D eigenvalue weighted by molar-refractivity contribution is -0.155. The zero-order chi connectivity index (χ0) is 22.5. The third-order valence-electron chi connectivity index (χ3n) is 9.05. The summed E-state index contributed by atoms with van der Waals surface area (Å²) in [4.78, 5) is 0. The number of fused-ring (bicyclic) bond motifs is 1. The lowest BCUT2D eigenvalue weighted by Gasteiger charge is -2.54. The summed E-state index contributed by atoms with van der Waals surface area (Å²) in [7, 11) is 0. The van der Waals surface area contributed by atoms with Gasteiger partial charge in [0, 0.05) is 5.92 Å². The average molecular weight is 415 g/mol. The van der Waals surface area contributed by atoms with Crippen LogP contribution in [-0.2, 0) is 4.74 Å². The Balaban J connectivity index is 2.01. The van der Waals surface area contributed by atoms with Gasteiger partial charge in [-0.25, -0.2) is 0 Å². The van der Waals surface area contributed by atoms with Crippen molar-refractivity contribution in [1.29, 1.82) is 0 Å². The first-order chi connectivity index (χ1) is 13.9. The Hall–Kier alpha value is -0.860. The molecule has 170 valence electrons. The third-order valence-corrected chi connectivity index (χ3v) is 9.05. The smallest absolute Gasteiger partial charge is 0.0893 e. The molecule has 0 saturated heterocycles. The Morgan fingerprint density at radius 2 is 1.87 bits per heavy atom. The summed E-state index contributed by atoms with van der Waals surface area (Å²) in [6.45, 7) is 23.9. The molecule has 0 radical (unpaired) electrons. The predicted molar refractivity (Wildman–Crippen MR) is 127 cm³/mol. The second-order valence-corrected chi connectivity index (χ2v) is 12.0. The van der Waals surface area contributed by atoms with Gasteiger partial charge in [-0.05, 0) is 101 Å². The minimum atomic E-state index is -0.755. The Kier molecular flexibility index (Phi) is 6.54. The standard InChI is InChI=1S/C28H46O2/c1-10-18(3)24-17-27(9)21(13-15-25(27)30-26(6,7)8)16-28(24,29)20(5)23-14-12-19(4)22(23)11-2/h10-11,18-19,21-22,24-25,29H,1-2,12-17H2,3-9H3/b23-20-/t18-,19-,21+,22-,24+,25+,27+,28-/m1/s1. The van der Waals surface area contributed by atoms with Gasteiger partial charge in [0.15, 0.2) is 0 Å². The topological polar surface area (TPSA) is 29.5 Å². The van der Waals surface area contributed by atoms with Gasteiger partial charge in [-0.1, -0.05) is 38.5 Å². The normalized spacial score (nSPS) is 44.5. The van der Waals surface area contributed by atoms with E-state index in [0.29, 0.717) is 17.8 Å². The van der Waals surface area contributed by atoms with Crippen LogP contribution < -0.4 is 0 Å². The van der Waals surface area contributed by atoms with Gasteiger partial charge in [-0.2, -0.15) is 0 Å².